The number of aromatic nitrogens is 1. The molecule has 0 radical (unpaired) electrons. The molecule has 2 aromatic rings. The molecule has 0 saturated heterocycles. The highest BCUT2D eigenvalue weighted by Gasteiger charge is 2.15. The first kappa shape index (κ1) is 11.9. The minimum Gasteiger partial charge on any atom is -0.496 e. The molecule has 3 N–H and O–H groups in total. The molecule has 0 atom stereocenters. The van der Waals surface area contributed by atoms with Crippen LogP contribution in [-0.4, -0.2) is 18.0 Å². The fourth-order valence-electron chi connectivity index (χ4n) is 1.58. The molecule has 1 heterocycles. The monoisotopic (exact) mass is 243 g/mol. The SMILES string of the molecule is COc1cccc(N)c1C(=O)Nc1ccccn1. The summed E-state index contributed by atoms with van der Waals surface area (Å²) in [6, 6.07) is 10.3. The van der Waals surface area contributed by atoms with Gasteiger partial charge in [-0.05, 0) is 24.3 Å². The summed E-state index contributed by atoms with van der Waals surface area (Å²) < 4.78 is 5.12. The molecule has 92 valence electrons. The summed E-state index contributed by atoms with van der Waals surface area (Å²) in [5, 5.41) is 2.66. The van der Waals surface area contributed by atoms with E-state index >= 15 is 0 Å². The maximum Gasteiger partial charge on any atom is 0.262 e. The molecule has 5 heteroatoms. The standard InChI is InChI=1S/C13H13N3O2/c1-18-10-6-4-5-9(14)12(10)13(17)16-11-7-2-3-8-15-11/h2-8H,14H2,1H3,(H,15,16,17). The lowest BCUT2D eigenvalue weighted by Crippen LogP contribution is -2.16. The molecular weight excluding hydrogens is 230 g/mol. The summed E-state index contributed by atoms with van der Waals surface area (Å²) in [6.45, 7) is 0. The van der Waals surface area contributed by atoms with Crippen molar-refractivity contribution in [3.05, 3.63) is 48.2 Å². The number of nitrogens with one attached hydrogen (secondary N) is 1. The Kier molecular flexibility index (Phi) is 3.43. The van der Waals surface area contributed by atoms with Crippen LogP contribution in [0.5, 0.6) is 5.75 Å². The maximum absolute atomic E-state index is 12.1. The molecule has 2 rings (SSSR count). The molecule has 0 aliphatic rings. The average Bonchev–Trinajstić information content (AvgIpc) is 2.39. The molecule has 1 aromatic heterocycles. The number of pyridine rings is 1. The molecule has 1 amide bonds. The third kappa shape index (κ3) is 2.40. The normalized spacial score (nSPS) is 9.83. The minimum absolute atomic E-state index is 0.311. The van der Waals surface area contributed by atoms with Gasteiger partial charge in [0.25, 0.3) is 5.91 Å². The number of nitrogens with two attached hydrogens (primary N) is 1. The van der Waals surface area contributed by atoms with E-state index in [-0.39, 0.29) is 5.91 Å². The third-order valence-corrected chi connectivity index (χ3v) is 2.41. The fraction of sp³-hybridized carbons (Fsp3) is 0.0769. The lowest BCUT2D eigenvalue weighted by atomic mass is 10.1. The largest absolute Gasteiger partial charge is 0.496 e. The molecule has 0 saturated carbocycles. The lowest BCUT2D eigenvalue weighted by molar-refractivity contribution is 0.102. The van der Waals surface area contributed by atoms with E-state index in [1.807, 2.05) is 0 Å². The number of amides is 1. The Morgan fingerprint density at radius 1 is 1.28 bits per heavy atom. The number of carbonyl (C=O) groups excluding carboxylic acids is 1. The predicted octanol–water partition coefficient (Wildman–Crippen LogP) is 1.92. The van der Waals surface area contributed by atoms with Gasteiger partial charge >= 0.3 is 0 Å². The zero-order valence-corrected chi connectivity index (χ0v) is 9.88. The van der Waals surface area contributed by atoms with Crippen LogP contribution in [0.1, 0.15) is 10.4 Å². The first-order valence-electron chi connectivity index (χ1n) is 5.37. The van der Waals surface area contributed by atoms with Crippen molar-refractivity contribution in [3.63, 3.8) is 0 Å². The van der Waals surface area contributed by atoms with Crippen LogP contribution in [-0.2, 0) is 0 Å². The number of anilines is 2. The second-order valence-corrected chi connectivity index (χ2v) is 3.59. The average molecular weight is 243 g/mol. The van der Waals surface area contributed by atoms with Gasteiger partial charge in [0.2, 0.25) is 0 Å². The number of nitrogens with zero attached hydrogens (tertiary/aromatic N) is 1. The number of rotatable bonds is 3. The van der Waals surface area contributed by atoms with E-state index in [2.05, 4.69) is 10.3 Å². The number of hydrogen-bond donors (Lipinski definition) is 2. The molecule has 0 spiro atoms. The van der Waals surface area contributed by atoms with E-state index < -0.39 is 0 Å². The summed E-state index contributed by atoms with van der Waals surface area (Å²) in [4.78, 5) is 16.1. The summed E-state index contributed by atoms with van der Waals surface area (Å²) in [5.74, 6) is 0.555. The van der Waals surface area contributed by atoms with Crippen molar-refractivity contribution < 1.29 is 9.53 Å². The van der Waals surface area contributed by atoms with E-state index in [9.17, 15) is 4.79 Å². The number of benzene rings is 1. The third-order valence-electron chi connectivity index (χ3n) is 2.41. The summed E-state index contributed by atoms with van der Waals surface area (Å²) in [7, 11) is 1.49. The number of nitrogen functional groups attached to an aromatic ring is 1. The van der Waals surface area contributed by atoms with Gasteiger partial charge in [0, 0.05) is 11.9 Å². The van der Waals surface area contributed by atoms with Crippen LogP contribution in [0.15, 0.2) is 42.6 Å². The van der Waals surface area contributed by atoms with Crippen LogP contribution in [0.2, 0.25) is 0 Å². The Morgan fingerprint density at radius 3 is 2.78 bits per heavy atom. The van der Waals surface area contributed by atoms with Crippen LogP contribution >= 0.6 is 0 Å². The van der Waals surface area contributed by atoms with Gasteiger partial charge in [-0.3, -0.25) is 4.79 Å². The van der Waals surface area contributed by atoms with Crippen molar-refractivity contribution in [2.24, 2.45) is 0 Å². The summed E-state index contributed by atoms with van der Waals surface area (Å²) in [5.41, 5.74) is 6.46. The molecule has 0 aliphatic heterocycles. The second-order valence-electron chi connectivity index (χ2n) is 3.59. The molecule has 5 nitrogen and oxygen atoms in total. The van der Waals surface area contributed by atoms with Crippen molar-refractivity contribution in [1.29, 1.82) is 0 Å². The number of ether oxygens (including phenoxy) is 1. The van der Waals surface area contributed by atoms with E-state index in [0.29, 0.717) is 22.8 Å². The highest BCUT2D eigenvalue weighted by Crippen LogP contribution is 2.24. The topological polar surface area (TPSA) is 77.2 Å². The first-order valence-corrected chi connectivity index (χ1v) is 5.37. The Labute approximate surface area is 105 Å². The molecular formula is C13H13N3O2. The van der Waals surface area contributed by atoms with Gasteiger partial charge in [0.15, 0.2) is 0 Å². The number of carbonyl (C=O) groups is 1. The Balaban J connectivity index is 2.29. The maximum atomic E-state index is 12.1. The van der Waals surface area contributed by atoms with Gasteiger partial charge in [0.1, 0.15) is 17.1 Å². The van der Waals surface area contributed by atoms with Crippen molar-refractivity contribution in [3.8, 4) is 5.75 Å². The highest BCUT2D eigenvalue weighted by atomic mass is 16.5. The molecule has 0 unspecified atom stereocenters. The van der Waals surface area contributed by atoms with E-state index in [1.54, 1.807) is 42.6 Å². The van der Waals surface area contributed by atoms with E-state index in [4.69, 9.17) is 10.5 Å². The van der Waals surface area contributed by atoms with Crippen LogP contribution in [0, 0.1) is 0 Å². The van der Waals surface area contributed by atoms with Crippen LogP contribution in [0.4, 0.5) is 11.5 Å². The highest BCUT2D eigenvalue weighted by molar-refractivity contribution is 6.09. The molecule has 1 aromatic carbocycles. The van der Waals surface area contributed by atoms with Gasteiger partial charge < -0.3 is 15.8 Å². The van der Waals surface area contributed by atoms with Gasteiger partial charge in [-0.1, -0.05) is 12.1 Å². The second kappa shape index (κ2) is 5.18. The number of methoxy groups -OCH3 is 1. The van der Waals surface area contributed by atoms with E-state index in [1.165, 1.54) is 7.11 Å². The van der Waals surface area contributed by atoms with Crippen LogP contribution < -0.4 is 15.8 Å². The zero-order chi connectivity index (χ0) is 13.0. The first-order chi connectivity index (χ1) is 8.72. The van der Waals surface area contributed by atoms with Crippen molar-refractivity contribution in [1.82, 2.24) is 4.98 Å². The predicted molar refractivity (Wildman–Crippen MR) is 69.6 cm³/mol. The van der Waals surface area contributed by atoms with Gasteiger partial charge in [-0.2, -0.15) is 0 Å². The van der Waals surface area contributed by atoms with Crippen LogP contribution in [0.3, 0.4) is 0 Å². The zero-order valence-electron chi connectivity index (χ0n) is 9.88. The molecule has 0 bridgehead atoms. The lowest BCUT2D eigenvalue weighted by Gasteiger charge is -2.10. The smallest absolute Gasteiger partial charge is 0.262 e. The summed E-state index contributed by atoms with van der Waals surface area (Å²) in [6.07, 6.45) is 1.60. The quantitative estimate of drug-likeness (QED) is 0.807. The Bertz CT molecular complexity index is 555. The molecule has 0 fully saturated rings. The van der Waals surface area contributed by atoms with Crippen LogP contribution in [0.25, 0.3) is 0 Å². The van der Waals surface area contributed by atoms with Crippen molar-refractivity contribution >= 4 is 17.4 Å². The van der Waals surface area contributed by atoms with Gasteiger partial charge in [0.05, 0.1) is 7.11 Å². The van der Waals surface area contributed by atoms with E-state index in [0.717, 1.165) is 0 Å². The fourth-order valence-corrected chi connectivity index (χ4v) is 1.58. The van der Waals surface area contributed by atoms with Gasteiger partial charge in [-0.15, -0.1) is 0 Å². The Morgan fingerprint density at radius 2 is 2.11 bits per heavy atom. The molecule has 0 aliphatic carbocycles. The summed E-state index contributed by atoms with van der Waals surface area (Å²) >= 11 is 0. The number of hydrogen-bond acceptors (Lipinski definition) is 4. The Hall–Kier alpha value is -2.56. The van der Waals surface area contributed by atoms with Gasteiger partial charge in [-0.25, -0.2) is 4.98 Å². The van der Waals surface area contributed by atoms with Crippen molar-refractivity contribution in [2.45, 2.75) is 0 Å². The minimum atomic E-state index is -0.344. The molecule has 18 heavy (non-hydrogen) atoms. The van der Waals surface area contributed by atoms with Crippen molar-refractivity contribution in [2.75, 3.05) is 18.2 Å².